The Bertz CT molecular complexity index is 1760. The third kappa shape index (κ3) is 7.42. The summed E-state index contributed by atoms with van der Waals surface area (Å²) in [7, 11) is 0. The molecule has 0 unspecified atom stereocenters. The average Bonchev–Trinajstić information content (AvgIpc) is 3.42. The highest BCUT2D eigenvalue weighted by atomic mass is 16.5. The van der Waals surface area contributed by atoms with Crippen molar-refractivity contribution >= 4 is 40.0 Å². The maximum Gasteiger partial charge on any atom is 0.324 e. The number of benzene rings is 3. The highest BCUT2D eigenvalue weighted by molar-refractivity contribution is 6.07. The van der Waals surface area contributed by atoms with Crippen LogP contribution in [0, 0.1) is 12.8 Å². The number of carbonyl (C=O) groups excluding carboxylic acids is 2. The Morgan fingerprint density at radius 1 is 0.909 bits per heavy atom. The lowest BCUT2D eigenvalue weighted by Crippen LogP contribution is -2.21. The van der Waals surface area contributed by atoms with Crippen LogP contribution in [0.5, 0.6) is 5.75 Å². The molecule has 0 spiro atoms. The molecule has 226 valence electrons. The number of rotatable bonds is 11. The van der Waals surface area contributed by atoms with Crippen molar-refractivity contribution < 1.29 is 14.3 Å². The lowest BCUT2D eigenvalue weighted by Gasteiger charge is -2.15. The number of fused-ring (bicyclic) bond motifs is 1. The van der Waals surface area contributed by atoms with E-state index in [4.69, 9.17) is 9.84 Å². The van der Waals surface area contributed by atoms with Crippen LogP contribution in [0.25, 0.3) is 16.5 Å². The normalized spacial score (nSPS) is 11.0. The molecule has 3 aromatic carbocycles. The van der Waals surface area contributed by atoms with Crippen molar-refractivity contribution in [1.29, 1.82) is 0 Å². The molecule has 0 saturated carbocycles. The second kappa shape index (κ2) is 13.9. The Morgan fingerprint density at radius 2 is 1.68 bits per heavy atom. The van der Waals surface area contributed by atoms with E-state index in [9.17, 15) is 9.59 Å². The number of carbonyl (C=O) groups is 2. The van der Waals surface area contributed by atoms with Gasteiger partial charge in [-0.2, -0.15) is 5.10 Å². The minimum atomic E-state index is -0.369. The fraction of sp³-hybridized carbons (Fsp3) is 0.257. The second-order valence-electron chi connectivity index (χ2n) is 11.1. The molecule has 0 radical (unpaired) electrons. The highest BCUT2D eigenvalue weighted by Crippen LogP contribution is 2.32. The van der Waals surface area contributed by atoms with Crippen LogP contribution >= 0.6 is 0 Å². The van der Waals surface area contributed by atoms with Gasteiger partial charge >= 0.3 is 6.03 Å². The summed E-state index contributed by atoms with van der Waals surface area (Å²) in [5, 5.41) is 15.3. The Morgan fingerprint density at radius 3 is 2.43 bits per heavy atom. The zero-order valence-corrected chi connectivity index (χ0v) is 25.6. The molecule has 44 heavy (non-hydrogen) atoms. The third-order valence-electron chi connectivity index (χ3n) is 7.19. The largest absolute Gasteiger partial charge is 0.488 e. The van der Waals surface area contributed by atoms with Gasteiger partial charge in [0.25, 0.3) is 0 Å². The summed E-state index contributed by atoms with van der Waals surface area (Å²) >= 11 is 0. The van der Waals surface area contributed by atoms with Crippen LogP contribution in [0.3, 0.4) is 0 Å². The van der Waals surface area contributed by atoms with Crippen LogP contribution in [-0.4, -0.2) is 26.7 Å². The van der Waals surface area contributed by atoms with Crippen molar-refractivity contribution in [2.45, 2.75) is 53.6 Å². The first kappa shape index (κ1) is 30.3. The number of pyridine rings is 1. The lowest BCUT2D eigenvalue weighted by molar-refractivity contribution is -0.118. The number of hydrogen-bond donors (Lipinski definition) is 3. The molecule has 9 heteroatoms. The number of urea groups is 1. The molecular formula is C35H38N6O3. The fourth-order valence-corrected chi connectivity index (χ4v) is 4.72. The van der Waals surface area contributed by atoms with E-state index in [1.54, 1.807) is 16.9 Å². The van der Waals surface area contributed by atoms with Gasteiger partial charge in [0, 0.05) is 29.0 Å². The third-order valence-corrected chi connectivity index (χ3v) is 7.19. The first-order valence-corrected chi connectivity index (χ1v) is 14.9. The first-order chi connectivity index (χ1) is 21.3. The van der Waals surface area contributed by atoms with Gasteiger partial charge in [0.15, 0.2) is 0 Å². The van der Waals surface area contributed by atoms with Gasteiger partial charge in [0.1, 0.15) is 24.0 Å². The van der Waals surface area contributed by atoms with Gasteiger partial charge < -0.3 is 15.4 Å². The Kier molecular flexibility index (Phi) is 9.54. The van der Waals surface area contributed by atoms with Crippen LogP contribution in [0.1, 0.15) is 50.4 Å². The molecule has 5 rings (SSSR count). The van der Waals surface area contributed by atoms with E-state index in [1.165, 1.54) is 0 Å². The van der Waals surface area contributed by atoms with Gasteiger partial charge in [-0.15, -0.1) is 0 Å². The van der Waals surface area contributed by atoms with E-state index in [1.807, 2.05) is 93.6 Å². The SMILES string of the molecule is CCCCc1cc(NC(=O)Nc2ccc(OCc3ccnc(NC(=O)C(C)C)c3)c3ccccc23)n(-c2ccc(C)cc2)n1. The zero-order chi connectivity index (χ0) is 31.1. The van der Waals surface area contributed by atoms with E-state index in [0.29, 0.717) is 23.1 Å². The van der Waals surface area contributed by atoms with E-state index >= 15 is 0 Å². The summed E-state index contributed by atoms with van der Waals surface area (Å²) in [5.41, 5.74) is 4.48. The van der Waals surface area contributed by atoms with Crippen molar-refractivity contribution in [3.05, 3.63) is 102 Å². The lowest BCUT2D eigenvalue weighted by atomic mass is 10.1. The number of aromatic nitrogens is 3. The molecule has 2 heterocycles. The van der Waals surface area contributed by atoms with Gasteiger partial charge in [0.05, 0.1) is 17.1 Å². The molecule has 9 nitrogen and oxygen atoms in total. The molecule has 3 N–H and O–H groups in total. The molecule has 0 saturated heterocycles. The van der Waals surface area contributed by atoms with E-state index in [-0.39, 0.29) is 24.5 Å². The monoisotopic (exact) mass is 590 g/mol. The number of anilines is 3. The maximum atomic E-state index is 13.3. The van der Waals surface area contributed by atoms with Gasteiger partial charge in [-0.3, -0.25) is 10.1 Å². The number of nitrogens with one attached hydrogen (secondary N) is 3. The number of ether oxygens (including phenoxy) is 1. The molecule has 0 aliphatic carbocycles. The maximum absolute atomic E-state index is 13.3. The van der Waals surface area contributed by atoms with E-state index in [2.05, 4.69) is 27.9 Å². The molecule has 0 fully saturated rings. The summed E-state index contributed by atoms with van der Waals surface area (Å²) in [6.45, 7) is 8.14. The van der Waals surface area contributed by atoms with Crippen LogP contribution in [0.15, 0.2) is 85.1 Å². The first-order valence-electron chi connectivity index (χ1n) is 14.9. The van der Waals surface area contributed by atoms with Crippen molar-refractivity contribution in [3.8, 4) is 11.4 Å². The number of amides is 3. The van der Waals surface area contributed by atoms with Crippen LogP contribution in [0.2, 0.25) is 0 Å². The Balaban J connectivity index is 1.32. The van der Waals surface area contributed by atoms with Crippen LogP contribution in [-0.2, 0) is 17.8 Å². The predicted molar refractivity (Wildman–Crippen MR) is 176 cm³/mol. The molecule has 0 bridgehead atoms. The summed E-state index contributed by atoms with van der Waals surface area (Å²) in [6.07, 6.45) is 4.57. The second-order valence-corrected chi connectivity index (χ2v) is 11.1. The van der Waals surface area contributed by atoms with Gasteiger partial charge in [0.2, 0.25) is 5.91 Å². The zero-order valence-electron chi connectivity index (χ0n) is 25.6. The van der Waals surface area contributed by atoms with Gasteiger partial charge in [-0.1, -0.05) is 69.2 Å². The summed E-state index contributed by atoms with van der Waals surface area (Å²) in [4.78, 5) is 29.6. The highest BCUT2D eigenvalue weighted by Gasteiger charge is 2.15. The fourth-order valence-electron chi connectivity index (χ4n) is 4.72. The topological polar surface area (TPSA) is 110 Å². The molecular weight excluding hydrogens is 552 g/mol. The Labute approximate surface area is 257 Å². The van der Waals surface area contributed by atoms with Crippen molar-refractivity contribution in [2.75, 3.05) is 16.0 Å². The van der Waals surface area contributed by atoms with Crippen molar-refractivity contribution in [1.82, 2.24) is 14.8 Å². The summed E-state index contributed by atoms with van der Waals surface area (Å²) < 4.78 is 7.97. The quantitative estimate of drug-likeness (QED) is 0.145. The molecule has 0 atom stereocenters. The molecule has 5 aromatic rings. The van der Waals surface area contributed by atoms with Crippen LogP contribution < -0.4 is 20.7 Å². The summed E-state index contributed by atoms with van der Waals surface area (Å²) in [5.74, 6) is 1.53. The number of unbranched alkanes of at least 4 members (excludes halogenated alkanes) is 1. The van der Waals surface area contributed by atoms with Crippen molar-refractivity contribution in [2.24, 2.45) is 5.92 Å². The minimum absolute atomic E-state index is 0.0924. The number of aryl methyl sites for hydroxylation is 2. The van der Waals surface area contributed by atoms with E-state index < -0.39 is 0 Å². The number of nitrogens with zero attached hydrogens (tertiary/aromatic N) is 3. The average molecular weight is 591 g/mol. The molecule has 3 amide bonds. The standard InChI is InChI=1S/C35H38N6O3/c1-5-6-9-26-21-33(41(40-26)27-14-12-24(4)13-15-27)39-35(43)37-30-16-17-31(29-11-8-7-10-28(29)30)44-22-25-18-19-36-32(20-25)38-34(42)23(2)3/h7-8,10-21,23H,5-6,9,22H2,1-4H3,(H,36,38,42)(H2,37,39,43). The molecule has 2 aromatic heterocycles. The van der Waals surface area contributed by atoms with E-state index in [0.717, 1.165) is 52.5 Å². The summed E-state index contributed by atoms with van der Waals surface area (Å²) in [6, 6.07) is 24.7. The molecule has 0 aliphatic rings. The minimum Gasteiger partial charge on any atom is -0.488 e. The predicted octanol–water partition coefficient (Wildman–Crippen LogP) is 7.89. The number of hydrogen-bond acceptors (Lipinski definition) is 5. The van der Waals surface area contributed by atoms with Crippen LogP contribution in [0.4, 0.5) is 22.1 Å². The van der Waals surface area contributed by atoms with Gasteiger partial charge in [-0.25, -0.2) is 14.5 Å². The Hall–Kier alpha value is -5.18. The van der Waals surface area contributed by atoms with Gasteiger partial charge in [-0.05, 0) is 61.7 Å². The smallest absolute Gasteiger partial charge is 0.324 e. The van der Waals surface area contributed by atoms with Crippen molar-refractivity contribution in [3.63, 3.8) is 0 Å². The molecule has 0 aliphatic heterocycles.